The van der Waals surface area contributed by atoms with Crippen molar-refractivity contribution >= 4 is 74.9 Å². The van der Waals surface area contributed by atoms with Gasteiger partial charge in [-0.2, -0.15) is 0 Å². The first kappa shape index (κ1) is 30.4. The fourth-order valence-electron chi connectivity index (χ4n) is 7.70. The fourth-order valence-corrected chi connectivity index (χ4v) is 9.86. The van der Waals surface area contributed by atoms with Crippen molar-refractivity contribution in [1.82, 2.24) is 24.5 Å². The van der Waals surface area contributed by atoms with E-state index in [1.54, 1.807) is 22.7 Å². The Labute approximate surface area is 312 Å². The van der Waals surface area contributed by atoms with E-state index in [4.69, 9.17) is 19.9 Å². The second-order valence-electron chi connectivity index (χ2n) is 13.4. The summed E-state index contributed by atoms with van der Waals surface area (Å²) in [5.41, 5.74) is 7.52. The van der Waals surface area contributed by atoms with Gasteiger partial charge in [0, 0.05) is 64.2 Å². The molecular formula is C46H29N5S2. The number of benzene rings is 6. The van der Waals surface area contributed by atoms with Gasteiger partial charge in [0.05, 0.1) is 16.3 Å². The molecule has 0 N–H and O–H groups in total. The van der Waals surface area contributed by atoms with Crippen LogP contribution in [-0.4, -0.2) is 24.5 Å². The molecule has 0 radical (unpaired) electrons. The molecule has 0 saturated heterocycles. The van der Waals surface area contributed by atoms with Crippen molar-refractivity contribution in [3.8, 4) is 44.7 Å². The number of fused-ring (bicyclic) bond motifs is 7. The molecule has 4 aromatic heterocycles. The summed E-state index contributed by atoms with van der Waals surface area (Å²) >= 11 is 3.52. The average Bonchev–Trinajstić information content (AvgIpc) is 3.93. The molecule has 10 aromatic rings. The maximum absolute atomic E-state index is 5.24. The molecule has 7 heteroatoms. The smallest absolute Gasteiger partial charge is 0.165 e. The van der Waals surface area contributed by atoms with Crippen molar-refractivity contribution in [1.29, 1.82) is 0 Å². The normalized spacial score (nSPS) is 14.4. The Hall–Kier alpha value is -6.28. The summed E-state index contributed by atoms with van der Waals surface area (Å²) in [7, 11) is 0. The molecule has 0 spiro atoms. The van der Waals surface area contributed by atoms with E-state index in [0.29, 0.717) is 17.5 Å². The SMILES string of the molecule is C1=CCC(n2c3ccccc3c3cc(-c4nc(-c5ccccc5)nc(-c5cccc6c5sc5ccc(-c7nc8ccccc8s7)cc56)n4)ccc32)C=C1. The first-order valence-corrected chi connectivity index (χ1v) is 19.4. The highest BCUT2D eigenvalue weighted by Crippen LogP contribution is 2.42. The van der Waals surface area contributed by atoms with Gasteiger partial charge in [-0.25, -0.2) is 19.9 Å². The molecule has 5 nitrogen and oxygen atoms in total. The maximum Gasteiger partial charge on any atom is 0.165 e. The molecule has 53 heavy (non-hydrogen) atoms. The van der Waals surface area contributed by atoms with E-state index in [1.807, 2.05) is 24.3 Å². The van der Waals surface area contributed by atoms with E-state index in [1.165, 1.54) is 42.0 Å². The van der Waals surface area contributed by atoms with Crippen molar-refractivity contribution in [2.75, 3.05) is 0 Å². The highest BCUT2D eigenvalue weighted by Gasteiger charge is 2.20. The monoisotopic (exact) mass is 715 g/mol. The zero-order valence-corrected chi connectivity index (χ0v) is 30.0. The third-order valence-corrected chi connectivity index (χ3v) is 12.5. The standard InChI is InChI=1S/C46H29N5S2/c1-3-12-28(13-4-1)43-48-44(29-22-24-39-35(26-29)32-16-7-9-20-38(32)51(39)31-14-5-2-6-15-31)50-45(49-43)34-18-11-17-33-36-27-30(23-25-40(36)52-42(33)34)46-47-37-19-8-10-21-41(37)53-46/h1-14,16-27,31H,15H2. The zero-order valence-electron chi connectivity index (χ0n) is 28.3. The van der Waals surface area contributed by atoms with Crippen molar-refractivity contribution in [2.24, 2.45) is 0 Å². The highest BCUT2D eigenvalue weighted by molar-refractivity contribution is 7.26. The van der Waals surface area contributed by atoms with E-state index >= 15 is 0 Å². The molecule has 11 rings (SSSR count). The number of nitrogens with zero attached hydrogens (tertiary/aromatic N) is 5. The maximum atomic E-state index is 5.24. The minimum atomic E-state index is 0.265. The summed E-state index contributed by atoms with van der Waals surface area (Å²) in [5.74, 6) is 1.98. The van der Waals surface area contributed by atoms with E-state index in [0.717, 1.165) is 43.9 Å². The number of rotatable bonds is 5. The lowest BCUT2D eigenvalue weighted by molar-refractivity contribution is 0.648. The predicted octanol–water partition coefficient (Wildman–Crippen LogP) is 12.7. The lowest BCUT2D eigenvalue weighted by Gasteiger charge is -2.18. The molecule has 0 amide bonds. The second-order valence-corrected chi connectivity index (χ2v) is 15.5. The minimum Gasteiger partial charge on any atom is -0.333 e. The Morgan fingerprint density at radius 1 is 0.509 bits per heavy atom. The number of allylic oxidation sites excluding steroid dienone is 4. The van der Waals surface area contributed by atoms with Gasteiger partial charge in [0.25, 0.3) is 0 Å². The van der Waals surface area contributed by atoms with Gasteiger partial charge in [0.2, 0.25) is 0 Å². The lowest BCUT2D eigenvalue weighted by Crippen LogP contribution is -2.06. The van der Waals surface area contributed by atoms with E-state index in [-0.39, 0.29) is 6.04 Å². The van der Waals surface area contributed by atoms with Crippen LogP contribution in [0.4, 0.5) is 0 Å². The van der Waals surface area contributed by atoms with Gasteiger partial charge in [0.15, 0.2) is 17.5 Å². The van der Waals surface area contributed by atoms with Gasteiger partial charge in [-0.1, -0.05) is 103 Å². The van der Waals surface area contributed by atoms with Crippen LogP contribution in [0.3, 0.4) is 0 Å². The Balaban J connectivity index is 1.08. The third kappa shape index (κ3) is 5.04. The first-order valence-electron chi connectivity index (χ1n) is 17.7. The van der Waals surface area contributed by atoms with Gasteiger partial charge >= 0.3 is 0 Å². The highest BCUT2D eigenvalue weighted by atomic mass is 32.1. The Morgan fingerprint density at radius 2 is 1.26 bits per heavy atom. The van der Waals surface area contributed by atoms with Crippen LogP contribution in [0.1, 0.15) is 12.5 Å². The molecule has 250 valence electrons. The molecule has 4 heterocycles. The average molecular weight is 716 g/mol. The van der Waals surface area contributed by atoms with Crippen molar-refractivity contribution in [2.45, 2.75) is 12.5 Å². The molecule has 6 aromatic carbocycles. The largest absolute Gasteiger partial charge is 0.333 e. The molecular weight excluding hydrogens is 687 g/mol. The van der Waals surface area contributed by atoms with Crippen molar-refractivity contribution < 1.29 is 0 Å². The Bertz CT molecular complexity index is 3080. The summed E-state index contributed by atoms with van der Waals surface area (Å²) in [5, 5.41) is 5.86. The van der Waals surface area contributed by atoms with Crippen molar-refractivity contribution in [3.05, 3.63) is 158 Å². The summed E-state index contributed by atoms with van der Waals surface area (Å²) in [6.07, 6.45) is 9.79. The summed E-state index contributed by atoms with van der Waals surface area (Å²) in [6, 6.07) is 47.3. The van der Waals surface area contributed by atoms with Crippen LogP contribution in [0, 0.1) is 0 Å². The lowest BCUT2D eigenvalue weighted by atomic mass is 10.1. The first-order chi connectivity index (χ1) is 26.2. The van der Waals surface area contributed by atoms with Crippen LogP contribution in [-0.2, 0) is 0 Å². The number of aromatic nitrogens is 5. The molecule has 1 aliphatic carbocycles. The van der Waals surface area contributed by atoms with Crippen LogP contribution in [0.25, 0.3) is 96.9 Å². The third-order valence-electron chi connectivity index (χ3n) is 10.2. The zero-order chi connectivity index (χ0) is 34.9. The van der Waals surface area contributed by atoms with Crippen LogP contribution in [0.5, 0.6) is 0 Å². The number of thiophene rings is 1. The number of hydrogen-bond acceptors (Lipinski definition) is 6. The van der Waals surface area contributed by atoms with Gasteiger partial charge in [-0.3, -0.25) is 0 Å². The molecule has 0 aliphatic heterocycles. The molecule has 1 aliphatic rings. The van der Waals surface area contributed by atoms with Gasteiger partial charge in [-0.15, -0.1) is 22.7 Å². The van der Waals surface area contributed by atoms with E-state index in [2.05, 4.69) is 138 Å². The topological polar surface area (TPSA) is 56.5 Å². The predicted molar refractivity (Wildman–Crippen MR) is 223 cm³/mol. The van der Waals surface area contributed by atoms with Crippen LogP contribution in [0.2, 0.25) is 0 Å². The van der Waals surface area contributed by atoms with E-state index < -0.39 is 0 Å². The summed E-state index contributed by atoms with van der Waals surface area (Å²) in [4.78, 5) is 20.4. The minimum absolute atomic E-state index is 0.265. The number of para-hydroxylation sites is 2. The molecule has 1 atom stereocenters. The van der Waals surface area contributed by atoms with E-state index in [9.17, 15) is 0 Å². The molecule has 0 fully saturated rings. The molecule has 0 saturated carbocycles. The summed E-state index contributed by atoms with van der Waals surface area (Å²) in [6.45, 7) is 0. The second kappa shape index (κ2) is 12.2. The number of hydrogen-bond donors (Lipinski definition) is 0. The van der Waals surface area contributed by atoms with Gasteiger partial charge in [-0.05, 0) is 61.0 Å². The number of thiazole rings is 1. The fraction of sp³-hybridized carbons (Fsp3) is 0.0435. The van der Waals surface area contributed by atoms with Crippen LogP contribution in [0.15, 0.2) is 158 Å². The van der Waals surface area contributed by atoms with Gasteiger partial charge in [0.1, 0.15) is 5.01 Å². The Kier molecular flexibility index (Phi) is 6.96. The molecule has 0 bridgehead atoms. The van der Waals surface area contributed by atoms with Crippen LogP contribution < -0.4 is 0 Å². The van der Waals surface area contributed by atoms with Crippen LogP contribution >= 0.6 is 22.7 Å². The van der Waals surface area contributed by atoms with Gasteiger partial charge < -0.3 is 4.57 Å². The summed E-state index contributed by atoms with van der Waals surface area (Å²) < 4.78 is 6.05. The van der Waals surface area contributed by atoms with Crippen molar-refractivity contribution in [3.63, 3.8) is 0 Å². The Morgan fingerprint density at radius 3 is 2.15 bits per heavy atom. The molecule has 1 unspecified atom stereocenters. The quantitative estimate of drug-likeness (QED) is 0.178.